The summed E-state index contributed by atoms with van der Waals surface area (Å²) in [5.74, 6) is 1.42. The first-order valence-electron chi connectivity index (χ1n) is 10.6. The van der Waals surface area contributed by atoms with Gasteiger partial charge in [0, 0.05) is 30.7 Å². The molecule has 5 heteroatoms. The molecule has 1 aliphatic rings. The molecule has 0 bridgehead atoms. The first-order valence-corrected chi connectivity index (χ1v) is 10.6. The molecule has 2 aromatic carbocycles. The van der Waals surface area contributed by atoms with E-state index in [1.54, 1.807) is 7.11 Å². The number of hydrogen-bond acceptors (Lipinski definition) is 4. The maximum atomic E-state index is 12.5. The van der Waals surface area contributed by atoms with Gasteiger partial charge in [-0.3, -0.25) is 4.79 Å². The van der Waals surface area contributed by atoms with E-state index in [2.05, 4.69) is 32.2 Å². The Kier molecular flexibility index (Phi) is 7.03. The van der Waals surface area contributed by atoms with Crippen LogP contribution in [0.4, 0.5) is 0 Å². The second-order valence-corrected chi connectivity index (χ2v) is 8.93. The molecular weight excluding hydrogens is 378 g/mol. The molecule has 0 atom stereocenters. The molecule has 2 aromatic rings. The van der Waals surface area contributed by atoms with E-state index in [1.807, 2.05) is 42.5 Å². The predicted molar refractivity (Wildman–Crippen MR) is 118 cm³/mol. The summed E-state index contributed by atoms with van der Waals surface area (Å²) in [5, 5.41) is 3.07. The van der Waals surface area contributed by atoms with Gasteiger partial charge in [0.05, 0.1) is 7.11 Å². The van der Waals surface area contributed by atoms with Crippen molar-refractivity contribution in [3.05, 3.63) is 59.7 Å². The van der Waals surface area contributed by atoms with E-state index in [9.17, 15) is 4.79 Å². The minimum Gasteiger partial charge on any atom is -0.496 e. The zero-order valence-corrected chi connectivity index (χ0v) is 18.5. The van der Waals surface area contributed by atoms with E-state index >= 15 is 0 Å². The Balaban J connectivity index is 1.61. The van der Waals surface area contributed by atoms with Crippen molar-refractivity contribution < 1.29 is 19.0 Å². The van der Waals surface area contributed by atoms with Crippen LogP contribution in [0.15, 0.2) is 48.5 Å². The SMILES string of the molecule is COc1ccccc1C1(CNC(=O)COc2ccc(C(C)(C)C)cc2)CCOCC1. The third kappa shape index (κ3) is 5.33. The van der Waals surface area contributed by atoms with Crippen molar-refractivity contribution in [2.24, 2.45) is 0 Å². The van der Waals surface area contributed by atoms with Crippen LogP contribution < -0.4 is 14.8 Å². The van der Waals surface area contributed by atoms with Crippen molar-refractivity contribution in [2.75, 3.05) is 33.5 Å². The highest BCUT2D eigenvalue weighted by Crippen LogP contribution is 2.39. The number of rotatable bonds is 7. The normalized spacial score (nSPS) is 16.0. The number of para-hydroxylation sites is 1. The Morgan fingerprint density at radius 2 is 1.73 bits per heavy atom. The second kappa shape index (κ2) is 9.52. The minimum absolute atomic E-state index is 0.00658. The number of benzene rings is 2. The Hall–Kier alpha value is -2.53. The van der Waals surface area contributed by atoms with Crippen LogP contribution in [0.5, 0.6) is 11.5 Å². The van der Waals surface area contributed by atoms with E-state index in [0.717, 1.165) is 24.2 Å². The van der Waals surface area contributed by atoms with Gasteiger partial charge >= 0.3 is 0 Å². The number of hydrogen-bond donors (Lipinski definition) is 1. The number of carbonyl (C=O) groups is 1. The van der Waals surface area contributed by atoms with Gasteiger partial charge in [-0.15, -0.1) is 0 Å². The fourth-order valence-corrected chi connectivity index (χ4v) is 3.91. The number of nitrogens with one attached hydrogen (secondary N) is 1. The topological polar surface area (TPSA) is 56.8 Å². The molecule has 0 radical (unpaired) electrons. The fraction of sp³-hybridized carbons (Fsp3) is 0.480. The van der Waals surface area contributed by atoms with E-state index in [-0.39, 0.29) is 23.3 Å². The van der Waals surface area contributed by atoms with Gasteiger partial charge in [-0.05, 0) is 42.0 Å². The van der Waals surface area contributed by atoms with Gasteiger partial charge in [0.1, 0.15) is 11.5 Å². The lowest BCUT2D eigenvalue weighted by Crippen LogP contribution is -2.45. The van der Waals surface area contributed by atoms with E-state index in [4.69, 9.17) is 14.2 Å². The molecule has 0 spiro atoms. The summed E-state index contributed by atoms with van der Waals surface area (Å²) >= 11 is 0. The number of ether oxygens (including phenoxy) is 3. The Labute approximate surface area is 179 Å². The van der Waals surface area contributed by atoms with Gasteiger partial charge in [0.15, 0.2) is 6.61 Å². The summed E-state index contributed by atoms with van der Waals surface area (Å²) in [4.78, 5) is 12.5. The van der Waals surface area contributed by atoms with Crippen LogP contribution in [0.25, 0.3) is 0 Å². The highest BCUT2D eigenvalue weighted by Gasteiger charge is 2.37. The average Bonchev–Trinajstić information content (AvgIpc) is 2.76. The van der Waals surface area contributed by atoms with E-state index in [1.165, 1.54) is 5.56 Å². The second-order valence-electron chi connectivity index (χ2n) is 8.93. The van der Waals surface area contributed by atoms with Crippen LogP contribution in [0, 0.1) is 0 Å². The molecule has 0 unspecified atom stereocenters. The lowest BCUT2D eigenvalue weighted by molar-refractivity contribution is -0.123. The summed E-state index contributed by atoms with van der Waals surface area (Å²) < 4.78 is 16.9. The lowest BCUT2D eigenvalue weighted by atomic mass is 9.73. The van der Waals surface area contributed by atoms with Gasteiger partial charge in [0.2, 0.25) is 0 Å². The van der Waals surface area contributed by atoms with E-state index < -0.39 is 0 Å². The molecule has 0 aromatic heterocycles. The summed E-state index contributed by atoms with van der Waals surface area (Å²) in [6.07, 6.45) is 1.67. The van der Waals surface area contributed by atoms with E-state index in [0.29, 0.717) is 25.5 Å². The highest BCUT2D eigenvalue weighted by atomic mass is 16.5. The maximum Gasteiger partial charge on any atom is 0.257 e. The summed E-state index contributed by atoms with van der Waals surface area (Å²) in [6.45, 7) is 8.38. The molecule has 3 rings (SSSR count). The highest BCUT2D eigenvalue weighted by molar-refractivity contribution is 5.77. The van der Waals surface area contributed by atoms with Crippen LogP contribution in [0.2, 0.25) is 0 Å². The van der Waals surface area contributed by atoms with Gasteiger partial charge in [-0.25, -0.2) is 0 Å². The summed E-state index contributed by atoms with van der Waals surface area (Å²) in [7, 11) is 1.68. The van der Waals surface area contributed by atoms with Crippen LogP contribution in [0.1, 0.15) is 44.7 Å². The number of carbonyl (C=O) groups excluding carboxylic acids is 1. The molecule has 162 valence electrons. The fourth-order valence-electron chi connectivity index (χ4n) is 3.91. The molecule has 1 heterocycles. The molecule has 1 aliphatic heterocycles. The van der Waals surface area contributed by atoms with Gasteiger partial charge in [-0.2, -0.15) is 0 Å². The van der Waals surface area contributed by atoms with Crippen molar-refractivity contribution >= 4 is 5.91 Å². The van der Waals surface area contributed by atoms with Crippen molar-refractivity contribution in [1.29, 1.82) is 0 Å². The average molecular weight is 412 g/mol. The molecule has 5 nitrogen and oxygen atoms in total. The summed E-state index contributed by atoms with van der Waals surface area (Å²) in [6, 6.07) is 16.0. The Bertz CT molecular complexity index is 833. The molecule has 1 amide bonds. The molecule has 1 fully saturated rings. The first-order chi connectivity index (χ1) is 14.3. The first kappa shape index (κ1) is 22.2. The van der Waals surface area contributed by atoms with Crippen molar-refractivity contribution in [2.45, 2.75) is 44.4 Å². The zero-order valence-electron chi connectivity index (χ0n) is 18.5. The molecule has 30 heavy (non-hydrogen) atoms. The lowest BCUT2D eigenvalue weighted by Gasteiger charge is -2.38. The van der Waals surface area contributed by atoms with Crippen LogP contribution in [-0.4, -0.2) is 39.4 Å². The standard InChI is InChI=1S/C25H33NO4/c1-24(2,3)19-9-11-20(12-10-19)30-17-23(27)26-18-25(13-15-29-16-14-25)21-7-5-6-8-22(21)28-4/h5-12H,13-18H2,1-4H3,(H,26,27). The molecule has 0 aliphatic carbocycles. The largest absolute Gasteiger partial charge is 0.496 e. The monoisotopic (exact) mass is 411 g/mol. The number of amides is 1. The van der Waals surface area contributed by atoms with Crippen LogP contribution >= 0.6 is 0 Å². The zero-order chi connectivity index (χ0) is 21.6. The smallest absolute Gasteiger partial charge is 0.257 e. The predicted octanol–water partition coefficient (Wildman–Crippen LogP) is 4.24. The van der Waals surface area contributed by atoms with Gasteiger partial charge in [0.25, 0.3) is 5.91 Å². The van der Waals surface area contributed by atoms with Crippen molar-refractivity contribution in [3.8, 4) is 11.5 Å². The molecule has 0 saturated carbocycles. The quantitative estimate of drug-likeness (QED) is 0.741. The Morgan fingerprint density at radius 1 is 1.07 bits per heavy atom. The molecule has 1 saturated heterocycles. The van der Waals surface area contributed by atoms with Gasteiger partial charge in [-0.1, -0.05) is 51.1 Å². The third-order valence-corrected chi connectivity index (χ3v) is 5.84. The Morgan fingerprint density at radius 3 is 2.37 bits per heavy atom. The molecular formula is C25H33NO4. The summed E-state index contributed by atoms with van der Waals surface area (Å²) in [5.41, 5.74) is 2.24. The minimum atomic E-state index is -0.200. The van der Waals surface area contributed by atoms with Crippen molar-refractivity contribution in [1.82, 2.24) is 5.32 Å². The maximum absolute atomic E-state index is 12.5. The van der Waals surface area contributed by atoms with Crippen LogP contribution in [-0.2, 0) is 20.4 Å². The van der Waals surface area contributed by atoms with Crippen molar-refractivity contribution in [3.63, 3.8) is 0 Å². The van der Waals surface area contributed by atoms with Crippen LogP contribution in [0.3, 0.4) is 0 Å². The van der Waals surface area contributed by atoms with Gasteiger partial charge < -0.3 is 19.5 Å². The molecule has 1 N–H and O–H groups in total. The number of methoxy groups -OCH3 is 1. The third-order valence-electron chi connectivity index (χ3n) is 5.84.